The van der Waals surface area contributed by atoms with Crippen molar-refractivity contribution in [1.82, 2.24) is 19.9 Å². The van der Waals surface area contributed by atoms with E-state index in [1.54, 1.807) is 10.6 Å². The molecule has 3 rings (SSSR count). The summed E-state index contributed by atoms with van der Waals surface area (Å²) in [5.41, 5.74) is 1.77. The lowest BCUT2D eigenvalue weighted by Crippen LogP contribution is -2.27. The third-order valence-electron chi connectivity index (χ3n) is 3.67. The van der Waals surface area contributed by atoms with Gasteiger partial charge in [-0.15, -0.1) is 0 Å². The fraction of sp³-hybridized carbons (Fsp3) is 0.538. The number of pyridine rings is 1. The zero-order chi connectivity index (χ0) is 12.5. The summed E-state index contributed by atoms with van der Waals surface area (Å²) in [6.07, 6.45) is 3.02. The Morgan fingerprint density at radius 3 is 2.89 bits per heavy atom. The van der Waals surface area contributed by atoms with Gasteiger partial charge >= 0.3 is 0 Å². The van der Waals surface area contributed by atoms with Crippen LogP contribution in [0.5, 0.6) is 0 Å². The van der Waals surface area contributed by atoms with Crippen LogP contribution in [0.15, 0.2) is 16.9 Å². The molecule has 0 aliphatic carbocycles. The van der Waals surface area contributed by atoms with Crippen molar-refractivity contribution >= 4 is 5.65 Å². The van der Waals surface area contributed by atoms with Gasteiger partial charge in [-0.25, -0.2) is 9.50 Å². The third-order valence-corrected chi connectivity index (χ3v) is 3.67. The van der Waals surface area contributed by atoms with E-state index in [1.165, 1.54) is 0 Å². The molecular weight excluding hydrogens is 228 g/mol. The molecule has 0 atom stereocenters. The monoisotopic (exact) mass is 246 g/mol. The third kappa shape index (κ3) is 1.95. The highest BCUT2D eigenvalue weighted by molar-refractivity contribution is 5.40. The molecule has 1 aliphatic rings. The van der Waals surface area contributed by atoms with Gasteiger partial charge in [-0.3, -0.25) is 9.89 Å². The summed E-state index contributed by atoms with van der Waals surface area (Å²) in [7, 11) is 0. The number of aromatic amines is 1. The minimum Gasteiger partial charge on any atom is -0.317 e. The largest absolute Gasteiger partial charge is 0.317 e. The maximum Gasteiger partial charge on any atom is 0.271 e. The first-order valence-electron chi connectivity index (χ1n) is 6.60. The first kappa shape index (κ1) is 11.5. The zero-order valence-electron chi connectivity index (χ0n) is 10.6. The van der Waals surface area contributed by atoms with E-state index in [-0.39, 0.29) is 5.56 Å². The molecule has 0 unspecified atom stereocenters. The number of H-pyrrole nitrogens is 1. The quantitative estimate of drug-likeness (QED) is 0.832. The molecule has 0 spiro atoms. The number of rotatable bonds is 2. The lowest BCUT2D eigenvalue weighted by Gasteiger charge is -2.19. The van der Waals surface area contributed by atoms with Gasteiger partial charge in [-0.2, -0.15) is 0 Å². The van der Waals surface area contributed by atoms with Crippen molar-refractivity contribution in [2.75, 3.05) is 13.1 Å². The van der Waals surface area contributed by atoms with Crippen LogP contribution in [-0.2, 0) is 6.42 Å². The second-order valence-corrected chi connectivity index (χ2v) is 4.88. The van der Waals surface area contributed by atoms with Gasteiger partial charge in [-0.1, -0.05) is 6.92 Å². The van der Waals surface area contributed by atoms with Crippen LogP contribution in [0.4, 0.5) is 0 Å². The Hall–Kier alpha value is -1.62. The van der Waals surface area contributed by atoms with E-state index in [4.69, 9.17) is 0 Å². The molecule has 0 saturated carbocycles. The molecule has 0 aromatic carbocycles. The average molecular weight is 246 g/mol. The van der Waals surface area contributed by atoms with Gasteiger partial charge in [0.1, 0.15) is 5.82 Å². The highest BCUT2D eigenvalue weighted by Crippen LogP contribution is 2.22. The summed E-state index contributed by atoms with van der Waals surface area (Å²) in [4.78, 5) is 16.5. The molecule has 1 aliphatic heterocycles. The highest BCUT2D eigenvalue weighted by atomic mass is 16.1. The molecule has 2 aromatic heterocycles. The van der Waals surface area contributed by atoms with Gasteiger partial charge in [0, 0.05) is 12.0 Å². The first-order chi connectivity index (χ1) is 8.78. The van der Waals surface area contributed by atoms with Crippen LogP contribution in [0.3, 0.4) is 0 Å². The fourth-order valence-corrected chi connectivity index (χ4v) is 2.55. The Labute approximate surface area is 105 Å². The predicted molar refractivity (Wildman–Crippen MR) is 70.0 cm³/mol. The van der Waals surface area contributed by atoms with Crippen LogP contribution in [0.2, 0.25) is 0 Å². The van der Waals surface area contributed by atoms with Crippen LogP contribution in [0.25, 0.3) is 5.65 Å². The normalized spacial score (nSPS) is 17.4. The van der Waals surface area contributed by atoms with Gasteiger partial charge in [0.2, 0.25) is 0 Å². The maximum absolute atomic E-state index is 11.9. The van der Waals surface area contributed by atoms with Crippen LogP contribution in [0.1, 0.15) is 37.1 Å². The summed E-state index contributed by atoms with van der Waals surface area (Å²) >= 11 is 0. The summed E-state index contributed by atoms with van der Waals surface area (Å²) in [5.74, 6) is 1.39. The van der Waals surface area contributed by atoms with E-state index in [0.29, 0.717) is 5.92 Å². The van der Waals surface area contributed by atoms with E-state index in [1.807, 2.05) is 13.0 Å². The minimum atomic E-state index is -0.0166. The summed E-state index contributed by atoms with van der Waals surface area (Å²) in [6.45, 7) is 4.10. The zero-order valence-corrected chi connectivity index (χ0v) is 10.6. The molecule has 18 heavy (non-hydrogen) atoms. The van der Waals surface area contributed by atoms with Gasteiger partial charge in [0.05, 0.1) is 0 Å². The van der Waals surface area contributed by atoms with Crippen molar-refractivity contribution < 1.29 is 0 Å². The molecule has 0 radical (unpaired) electrons. The van der Waals surface area contributed by atoms with E-state index in [0.717, 1.165) is 49.4 Å². The van der Waals surface area contributed by atoms with E-state index < -0.39 is 0 Å². The van der Waals surface area contributed by atoms with E-state index in [9.17, 15) is 4.79 Å². The first-order valence-corrected chi connectivity index (χ1v) is 6.60. The van der Waals surface area contributed by atoms with Crippen LogP contribution < -0.4 is 10.9 Å². The van der Waals surface area contributed by atoms with Crippen molar-refractivity contribution in [2.24, 2.45) is 0 Å². The van der Waals surface area contributed by atoms with Crippen molar-refractivity contribution in [3.8, 4) is 0 Å². The average Bonchev–Trinajstić information content (AvgIpc) is 2.84. The Kier molecular flexibility index (Phi) is 2.91. The van der Waals surface area contributed by atoms with Gasteiger partial charge in [0.15, 0.2) is 5.65 Å². The maximum atomic E-state index is 11.9. The number of hydrogen-bond donors (Lipinski definition) is 2. The second kappa shape index (κ2) is 4.57. The molecule has 0 amide bonds. The van der Waals surface area contributed by atoms with Crippen molar-refractivity contribution in [3.63, 3.8) is 0 Å². The highest BCUT2D eigenvalue weighted by Gasteiger charge is 2.19. The van der Waals surface area contributed by atoms with E-state index in [2.05, 4.69) is 15.4 Å². The Morgan fingerprint density at radius 2 is 2.17 bits per heavy atom. The van der Waals surface area contributed by atoms with Gasteiger partial charge < -0.3 is 5.32 Å². The molecule has 2 N–H and O–H groups in total. The number of fused-ring (bicyclic) bond motifs is 1. The molecule has 2 aromatic rings. The van der Waals surface area contributed by atoms with Crippen LogP contribution in [-0.4, -0.2) is 27.7 Å². The molecule has 1 fully saturated rings. The molecule has 3 heterocycles. The molecule has 5 nitrogen and oxygen atoms in total. The second-order valence-electron chi connectivity index (χ2n) is 4.88. The number of piperidine rings is 1. The van der Waals surface area contributed by atoms with Crippen molar-refractivity contribution in [1.29, 1.82) is 0 Å². The fourth-order valence-electron chi connectivity index (χ4n) is 2.55. The number of aryl methyl sites for hydroxylation is 1. The smallest absolute Gasteiger partial charge is 0.271 e. The Morgan fingerprint density at radius 1 is 1.39 bits per heavy atom. The van der Waals surface area contributed by atoms with Crippen LogP contribution >= 0.6 is 0 Å². The van der Waals surface area contributed by atoms with Crippen molar-refractivity contribution in [2.45, 2.75) is 32.1 Å². The van der Waals surface area contributed by atoms with Crippen molar-refractivity contribution in [3.05, 3.63) is 33.9 Å². The van der Waals surface area contributed by atoms with E-state index >= 15 is 0 Å². The molecule has 0 bridgehead atoms. The number of hydrogen-bond acceptors (Lipinski definition) is 3. The topological polar surface area (TPSA) is 62.2 Å². The Balaban J connectivity index is 2.04. The predicted octanol–water partition coefficient (Wildman–Crippen LogP) is 1.05. The summed E-state index contributed by atoms with van der Waals surface area (Å²) in [5, 5.41) is 6.49. The number of nitrogens with zero attached hydrogens (tertiary/aromatic N) is 2. The standard InChI is InChI=1S/C13H18N4O/c1-2-9-7-11-15-13(10-3-5-14-6-4-10)16-17(11)12(18)8-9/h7-8,10,14H,2-6H2,1H3,(H,15,16). The van der Waals surface area contributed by atoms with Gasteiger partial charge in [0.25, 0.3) is 5.56 Å². The SMILES string of the molecule is CCc1cc(=O)n2[nH]c(C3CCNCC3)nc2c1. The summed E-state index contributed by atoms with van der Waals surface area (Å²) < 4.78 is 1.55. The lowest BCUT2D eigenvalue weighted by molar-refractivity contribution is 0.445. The van der Waals surface area contributed by atoms with Gasteiger partial charge in [-0.05, 0) is 44.0 Å². The number of aromatic nitrogens is 3. The lowest BCUT2D eigenvalue weighted by atomic mass is 9.98. The molecule has 1 saturated heterocycles. The molecular formula is C13H18N4O. The number of nitrogens with one attached hydrogen (secondary N) is 2. The minimum absolute atomic E-state index is 0.0166. The van der Waals surface area contributed by atoms with Crippen LogP contribution in [0, 0.1) is 0 Å². The molecule has 96 valence electrons. The Bertz CT molecular complexity index is 607. The summed E-state index contributed by atoms with van der Waals surface area (Å²) in [6, 6.07) is 3.67. The molecule has 5 heteroatoms.